The molecule has 0 amide bonds. The van der Waals surface area contributed by atoms with E-state index in [4.69, 9.17) is 4.84 Å². The predicted octanol–water partition coefficient (Wildman–Crippen LogP) is 3.92. The molecule has 5 rings (SSSR count). The number of phenolic OH excluding ortho intramolecular Hbond substituents is 1. The number of fused-ring (bicyclic) bond motifs is 3. The monoisotopic (exact) mass is 423 g/mol. The van der Waals surface area contributed by atoms with E-state index >= 15 is 0 Å². The average Bonchev–Trinajstić information content (AvgIpc) is 3.33. The largest absolute Gasteiger partial charge is 0.507 e. The van der Waals surface area contributed by atoms with Gasteiger partial charge in [0.1, 0.15) is 5.75 Å². The van der Waals surface area contributed by atoms with Gasteiger partial charge in [-0.25, -0.2) is 0 Å². The number of pyridine rings is 1. The van der Waals surface area contributed by atoms with Crippen molar-refractivity contribution in [1.29, 1.82) is 0 Å². The van der Waals surface area contributed by atoms with Gasteiger partial charge in [-0.05, 0) is 53.2 Å². The first-order valence-electron chi connectivity index (χ1n) is 8.43. The molecule has 3 heterocycles. The lowest BCUT2D eigenvalue weighted by atomic mass is 9.99. The highest BCUT2D eigenvalue weighted by Gasteiger charge is 2.29. The summed E-state index contributed by atoms with van der Waals surface area (Å²) in [5.74, 6) is 0.171. The van der Waals surface area contributed by atoms with Crippen LogP contribution in [0.4, 0.5) is 0 Å². The minimum absolute atomic E-state index is 0.171. The van der Waals surface area contributed by atoms with E-state index in [-0.39, 0.29) is 11.9 Å². The number of benzene rings is 2. The van der Waals surface area contributed by atoms with Crippen LogP contribution in [0.1, 0.15) is 29.2 Å². The van der Waals surface area contributed by atoms with Crippen LogP contribution >= 0.6 is 15.9 Å². The van der Waals surface area contributed by atoms with Crippen LogP contribution in [0.3, 0.4) is 0 Å². The minimum atomic E-state index is -0.322. The van der Waals surface area contributed by atoms with Gasteiger partial charge in [0.05, 0.1) is 11.2 Å². The van der Waals surface area contributed by atoms with Crippen LogP contribution in [0, 0.1) is 6.92 Å². The fourth-order valence-corrected chi connectivity index (χ4v) is 3.76. The lowest BCUT2D eigenvalue weighted by Crippen LogP contribution is -2.05. The lowest BCUT2D eigenvalue weighted by molar-refractivity contribution is 0.0865. The smallest absolute Gasteiger partial charge is 0.186 e. The Morgan fingerprint density at radius 3 is 2.96 bits per heavy atom. The Hall–Kier alpha value is -3.00. The summed E-state index contributed by atoms with van der Waals surface area (Å²) >= 11 is 3.43. The number of phenols is 1. The van der Waals surface area contributed by atoms with Crippen molar-refractivity contribution in [3.8, 4) is 5.75 Å². The van der Waals surface area contributed by atoms with Gasteiger partial charge in [0, 0.05) is 27.4 Å². The van der Waals surface area contributed by atoms with Crippen LogP contribution in [0.25, 0.3) is 16.6 Å². The average molecular weight is 424 g/mol. The Morgan fingerprint density at radius 1 is 1.19 bits per heavy atom. The number of hydrogen-bond acceptors (Lipinski definition) is 6. The molecule has 1 aliphatic heterocycles. The number of aromatic nitrogens is 4. The fraction of sp³-hybridized carbons (Fsp3) is 0.158. The fourth-order valence-electron chi connectivity index (χ4n) is 3.40. The molecule has 2 aromatic heterocycles. The highest BCUT2D eigenvalue weighted by atomic mass is 79.9. The van der Waals surface area contributed by atoms with Crippen LogP contribution in [-0.2, 0) is 4.84 Å². The third kappa shape index (κ3) is 2.64. The molecule has 2 aromatic carbocycles. The van der Waals surface area contributed by atoms with Gasteiger partial charge in [-0.2, -0.15) is 4.52 Å². The van der Waals surface area contributed by atoms with Gasteiger partial charge in [-0.1, -0.05) is 33.2 Å². The SMILES string of the molecule is Cc1ccc2cc(C3CC(c4cc(Br)ccc4O)=NO3)c3nnnn3c2c1. The maximum Gasteiger partial charge on any atom is 0.186 e. The number of halogens is 1. The molecule has 0 saturated heterocycles. The molecular formula is C19H14BrN5O2. The van der Waals surface area contributed by atoms with Gasteiger partial charge in [-0.15, -0.1) is 5.10 Å². The molecule has 1 atom stereocenters. The van der Waals surface area contributed by atoms with Crippen molar-refractivity contribution in [3.63, 3.8) is 0 Å². The van der Waals surface area contributed by atoms with Crippen molar-refractivity contribution >= 4 is 38.2 Å². The topological polar surface area (TPSA) is 84.9 Å². The highest BCUT2D eigenvalue weighted by Crippen LogP contribution is 2.35. The van der Waals surface area contributed by atoms with E-state index in [1.54, 1.807) is 16.6 Å². The first-order chi connectivity index (χ1) is 13.1. The third-order valence-corrected chi connectivity index (χ3v) is 5.23. The highest BCUT2D eigenvalue weighted by molar-refractivity contribution is 9.10. The Kier molecular flexibility index (Phi) is 3.61. The molecule has 0 saturated carbocycles. The van der Waals surface area contributed by atoms with Crippen molar-refractivity contribution in [2.45, 2.75) is 19.4 Å². The normalized spacial score (nSPS) is 16.7. The van der Waals surface area contributed by atoms with Crippen LogP contribution in [0.5, 0.6) is 5.75 Å². The van der Waals surface area contributed by atoms with E-state index in [1.165, 1.54) is 0 Å². The standard InChI is InChI=1S/C19H14BrN5O2/c1-10-2-3-11-7-14(19-21-23-24-25(19)16(11)6-10)18-9-15(22-27-18)13-8-12(20)4-5-17(13)26/h2-8,18,26H,9H2,1H3. The summed E-state index contributed by atoms with van der Waals surface area (Å²) < 4.78 is 2.60. The molecule has 1 unspecified atom stereocenters. The molecule has 1 aliphatic rings. The Bertz CT molecular complexity index is 1230. The number of aromatic hydroxyl groups is 1. The van der Waals surface area contributed by atoms with Crippen LogP contribution in [0.2, 0.25) is 0 Å². The molecule has 0 spiro atoms. The van der Waals surface area contributed by atoms with Gasteiger partial charge >= 0.3 is 0 Å². The van der Waals surface area contributed by atoms with Crippen molar-refractivity contribution in [1.82, 2.24) is 20.0 Å². The zero-order valence-electron chi connectivity index (χ0n) is 14.3. The van der Waals surface area contributed by atoms with Gasteiger partial charge in [0.25, 0.3) is 0 Å². The summed E-state index contributed by atoms with van der Waals surface area (Å²) in [5, 5.41) is 27.6. The van der Waals surface area contributed by atoms with Crippen molar-refractivity contribution in [2.75, 3.05) is 0 Å². The third-order valence-electron chi connectivity index (χ3n) is 4.74. The Morgan fingerprint density at radius 2 is 2.07 bits per heavy atom. The van der Waals surface area contributed by atoms with Gasteiger partial charge in [0.2, 0.25) is 0 Å². The maximum absolute atomic E-state index is 10.2. The van der Waals surface area contributed by atoms with Crippen molar-refractivity contribution in [3.05, 3.63) is 63.6 Å². The molecule has 1 N–H and O–H groups in total. The second-order valence-corrected chi connectivity index (χ2v) is 7.49. The first kappa shape index (κ1) is 16.2. The zero-order chi connectivity index (χ0) is 18.5. The Labute approximate surface area is 162 Å². The van der Waals surface area contributed by atoms with Gasteiger partial charge in [-0.3, -0.25) is 0 Å². The second kappa shape index (κ2) is 6.02. The van der Waals surface area contributed by atoms with E-state index in [2.05, 4.69) is 48.7 Å². The van der Waals surface area contributed by atoms with Gasteiger partial charge < -0.3 is 9.94 Å². The first-order valence-corrected chi connectivity index (χ1v) is 9.22. The summed E-state index contributed by atoms with van der Waals surface area (Å²) in [5.41, 5.74) is 4.94. The van der Waals surface area contributed by atoms with E-state index in [1.807, 2.05) is 25.1 Å². The van der Waals surface area contributed by atoms with Crippen LogP contribution in [0.15, 0.2) is 52.1 Å². The minimum Gasteiger partial charge on any atom is -0.507 e. The number of rotatable bonds is 2. The molecule has 0 bridgehead atoms. The zero-order valence-corrected chi connectivity index (χ0v) is 15.9. The summed E-state index contributed by atoms with van der Waals surface area (Å²) in [6.45, 7) is 2.04. The summed E-state index contributed by atoms with van der Waals surface area (Å²) in [4.78, 5) is 5.70. The van der Waals surface area contributed by atoms with E-state index < -0.39 is 0 Å². The summed E-state index contributed by atoms with van der Waals surface area (Å²) in [6.07, 6.45) is 0.196. The molecule has 27 heavy (non-hydrogen) atoms. The summed E-state index contributed by atoms with van der Waals surface area (Å²) in [7, 11) is 0. The van der Waals surface area contributed by atoms with E-state index in [0.29, 0.717) is 23.3 Å². The van der Waals surface area contributed by atoms with Gasteiger partial charge in [0.15, 0.2) is 11.8 Å². The number of aryl methyl sites for hydroxylation is 1. The van der Waals surface area contributed by atoms with Crippen molar-refractivity contribution in [2.24, 2.45) is 5.16 Å². The Balaban J connectivity index is 1.58. The number of oxime groups is 1. The number of nitrogens with zero attached hydrogens (tertiary/aromatic N) is 5. The molecule has 0 radical (unpaired) electrons. The molecule has 8 heteroatoms. The van der Waals surface area contributed by atoms with E-state index in [0.717, 1.165) is 26.5 Å². The molecular weight excluding hydrogens is 410 g/mol. The lowest BCUT2D eigenvalue weighted by Gasteiger charge is -2.11. The maximum atomic E-state index is 10.2. The predicted molar refractivity (Wildman–Crippen MR) is 104 cm³/mol. The molecule has 134 valence electrons. The van der Waals surface area contributed by atoms with Crippen molar-refractivity contribution < 1.29 is 9.94 Å². The quantitative estimate of drug-likeness (QED) is 0.527. The second-order valence-electron chi connectivity index (χ2n) is 6.57. The summed E-state index contributed by atoms with van der Waals surface area (Å²) in [6, 6.07) is 13.4. The van der Waals surface area contributed by atoms with Crippen LogP contribution in [-0.4, -0.2) is 30.9 Å². The number of hydrogen-bond donors (Lipinski definition) is 1. The van der Waals surface area contributed by atoms with E-state index in [9.17, 15) is 5.11 Å². The molecule has 4 aromatic rings. The van der Waals surface area contributed by atoms with Crippen LogP contribution < -0.4 is 0 Å². The molecule has 0 aliphatic carbocycles. The molecule has 0 fully saturated rings. The molecule has 7 nitrogen and oxygen atoms in total. The number of tetrazole rings is 1.